The minimum atomic E-state index is 0.785. The van der Waals surface area contributed by atoms with E-state index in [0.29, 0.717) is 0 Å². The summed E-state index contributed by atoms with van der Waals surface area (Å²) >= 11 is 1.67. The zero-order valence-electron chi connectivity index (χ0n) is 7.09. The van der Waals surface area contributed by atoms with Crippen LogP contribution in [0.4, 0.5) is 0 Å². The topological polar surface area (TPSA) is 3.01 Å². The van der Waals surface area contributed by atoms with Gasteiger partial charge in [-0.1, -0.05) is 0 Å². The molecule has 1 heterocycles. The third kappa shape index (κ3) is 1.40. The molecular weight excluding hydrogens is 294 g/mol. The van der Waals surface area contributed by atoms with Crippen molar-refractivity contribution < 1.29 is 19.4 Å². The van der Waals surface area contributed by atoms with E-state index in [1.165, 1.54) is 0 Å². The van der Waals surface area contributed by atoms with Gasteiger partial charge < -0.3 is 0 Å². The van der Waals surface area contributed by atoms with Crippen molar-refractivity contribution in [2.75, 3.05) is 7.05 Å². The first kappa shape index (κ1) is 8.61. The fourth-order valence-electron chi connectivity index (χ4n) is 1.27. The van der Waals surface area contributed by atoms with Crippen LogP contribution in [0.1, 0.15) is 20.8 Å². The third-order valence-corrected chi connectivity index (χ3v) is 4.87. The second-order valence-corrected chi connectivity index (χ2v) is 5.10. The molecule has 10 heavy (non-hydrogen) atoms. The summed E-state index contributed by atoms with van der Waals surface area (Å²) < 4.78 is 1.72. The predicted molar refractivity (Wildman–Crippen MR) is 40.9 cm³/mol. The van der Waals surface area contributed by atoms with Gasteiger partial charge in [0.05, 0.1) is 0 Å². The van der Waals surface area contributed by atoms with E-state index in [1.807, 2.05) is 0 Å². The Bertz CT molecular complexity index is 145. The van der Waals surface area contributed by atoms with Gasteiger partial charge in [-0.15, -0.1) is 0 Å². The van der Waals surface area contributed by atoms with Crippen molar-refractivity contribution in [3.8, 4) is 0 Å². The van der Waals surface area contributed by atoms with Gasteiger partial charge in [0.15, 0.2) is 0 Å². The van der Waals surface area contributed by atoms with E-state index in [4.69, 9.17) is 0 Å². The van der Waals surface area contributed by atoms with Crippen molar-refractivity contribution >= 4 is 3.90 Å². The standard InChI is InChI=1S/C8H15N.W/c1-6(2)5-8-7(3)9(8)4;/h6-8H,1-4H3;. The summed E-state index contributed by atoms with van der Waals surface area (Å²) in [6.45, 7) is 6.89. The molecule has 0 spiro atoms. The summed E-state index contributed by atoms with van der Waals surface area (Å²) in [7, 11) is 2.21. The molecule has 1 aliphatic heterocycles. The molecule has 1 fully saturated rings. The first-order valence-corrected chi connectivity index (χ1v) is 5.28. The zero-order valence-corrected chi connectivity index (χ0v) is 10.0. The third-order valence-electron chi connectivity index (χ3n) is 2.31. The van der Waals surface area contributed by atoms with E-state index in [-0.39, 0.29) is 0 Å². The number of nitrogens with zero attached hydrogens (tertiary/aromatic N) is 1. The maximum atomic E-state index is 2.43. The van der Waals surface area contributed by atoms with Gasteiger partial charge in [-0.05, 0) is 0 Å². The molecule has 1 rings (SSSR count). The van der Waals surface area contributed by atoms with Crippen LogP contribution in [0.2, 0.25) is 0 Å². The summed E-state index contributed by atoms with van der Waals surface area (Å²) in [6, 6.07) is 1.63. The molecule has 0 amide bonds. The molecular formula is C8H15NW. The predicted octanol–water partition coefficient (Wildman–Crippen LogP) is 1.06. The number of rotatable bonds is 2. The summed E-state index contributed by atoms with van der Waals surface area (Å²) in [5.41, 5.74) is 0. The van der Waals surface area contributed by atoms with Gasteiger partial charge in [-0.25, -0.2) is 0 Å². The van der Waals surface area contributed by atoms with Crippen molar-refractivity contribution in [3.63, 3.8) is 0 Å². The SMILES string of the molecule is CC(C)[C](=[W])C1C(C)N1C. The van der Waals surface area contributed by atoms with E-state index in [2.05, 4.69) is 32.7 Å². The molecule has 0 radical (unpaired) electrons. The Hall–Kier alpha value is 0.518. The first-order chi connectivity index (χ1) is 4.55. The van der Waals surface area contributed by atoms with E-state index < -0.39 is 0 Å². The quantitative estimate of drug-likeness (QED) is 0.690. The van der Waals surface area contributed by atoms with Crippen LogP contribution in [0.15, 0.2) is 0 Å². The summed E-state index contributed by atoms with van der Waals surface area (Å²) in [5.74, 6) is 0.785. The molecule has 3 unspecified atom stereocenters. The van der Waals surface area contributed by atoms with E-state index in [9.17, 15) is 0 Å². The second-order valence-electron chi connectivity index (χ2n) is 3.41. The Kier molecular flexibility index (Phi) is 2.47. The molecule has 0 aromatic heterocycles. The van der Waals surface area contributed by atoms with Gasteiger partial charge in [-0.3, -0.25) is 0 Å². The van der Waals surface area contributed by atoms with E-state index in [1.54, 1.807) is 23.3 Å². The molecule has 58 valence electrons. The maximum absolute atomic E-state index is 2.43. The van der Waals surface area contributed by atoms with Crippen molar-refractivity contribution in [1.82, 2.24) is 4.90 Å². The fraction of sp³-hybridized carbons (Fsp3) is 0.875. The van der Waals surface area contributed by atoms with Gasteiger partial charge in [0.1, 0.15) is 0 Å². The summed E-state index contributed by atoms with van der Waals surface area (Å²) in [5, 5.41) is 0. The second kappa shape index (κ2) is 2.87. The fourth-order valence-corrected chi connectivity index (χ4v) is 2.58. The zero-order chi connectivity index (χ0) is 7.89. The number of hydrogen-bond acceptors (Lipinski definition) is 1. The summed E-state index contributed by atoms with van der Waals surface area (Å²) in [6.07, 6.45) is 0. The van der Waals surface area contributed by atoms with Crippen LogP contribution in [0.25, 0.3) is 0 Å². The first-order valence-electron chi connectivity index (χ1n) is 3.81. The van der Waals surface area contributed by atoms with Crippen LogP contribution in [0.5, 0.6) is 0 Å². The van der Waals surface area contributed by atoms with Gasteiger partial charge in [0, 0.05) is 0 Å². The van der Waals surface area contributed by atoms with Crippen molar-refractivity contribution in [3.05, 3.63) is 0 Å². The van der Waals surface area contributed by atoms with Gasteiger partial charge in [0.25, 0.3) is 0 Å². The van der Waals surface area contributed by atoms with Gasteiger partial charge in [-0.2, -0.15) is 0 Å². The van der Waals surface area contributed by atoms with Crippen molar-refractivity contribution in [2.24, 2.45) is 5.92 Å². The number of hydrogen-bond donors (Lipinski definition) is 0. The average molecular weight is 309 g/mol. The Morgan fingerprint density at radius 1 is 1.50 bits per heavy atom. The molecule has 0 aromatic rings. The van der Waals surface area contributed by atoms with Crippen LogP contribution in [-0.4, -0.2) is 27.9 Å². The van der Waals surface area contributed by atoms with Crippen LogP contribution >= 0.6 is 0 Å². The van der Waals surface area contributed by atoms with Crippen LogP contribution < -0.4 is 0 Å². The van der Waals surface area contributed by atoms with Crippen LogP contribution in [0.3, 0.4) is 0 Å². The van der Waals surface area contributed by atoms with Crippen molar-refractivity contribution in [2.45, 2.75) is 32.9 Å². The van der Waals surface area contributed by atoms with Gasteiger partial charge >= 0.3 is 74.0 Å². The monoisotopic (exact) mass is 309 g/mol. The van der Waals surface area contributed by atoms with Crippen LogP contribution in [-0.2, 0) is 19.4 Å². The average Bonchev–Trinajstić information content (AvgIpc) is 2.40. The van der Waals surface area contributed by atoms with Gasteiger partial charge in [0.2, 0.25) is 0 Å². The molecule has 0 saturated carbocycles. The molecule has 3 atom stereocenters. The molecule has 0 N–H and O–H groups in total. The molecule has 0 bridgehead atoms. The Balaban J connectivity index is 2.46. The molecule has 1 saturated heterocycles. The van der Waals surface area contributed by atoms with Crippen LogP contribution in [0, 0.1) is 5.92 Å². The molecule has 2 heteroatoms. The molecule has 1 nitrogen and oxygen atoms in total. The Morgan fingerprint density at radius 2 is 1.90 bits per heavy atom. The van der Waals surface area contributed by atoms with E-state index in [0.717, 1.165) is 18.0 Å². The number of likely N-dealkylation sites (N-methyl/N-ethyl adjacent to an activating group) is 1. The normalized spacial score (nSPS) is 38.3. The Labute approximate surface area is 74.2 Å². The molecule has 1 aliphatic rings. The summed E-state index contributed by atoms with van der Waals surface area (Å²) in [4.78, 5) is 2.43. The molecule has 0 aromatic carbocycles. The molecule has 0 aliphatic carbocycles. The Morgan fingerprint density at radius 3 is 2.00 bits per heavy atom. The van der Waals surface area contributed by atoms with E-state index >= 15 is 0 Å². The van der Waals surface area contributed by atoms with Crippen molar-refractivity contribution in [1.29, 1.82) is 0 Å². The minimum absolute atomic E-state index is 0.785.